The summed E-state index contributed by atoms with van der Waals surface area (Å²) < 4.78 is 9.45. The minimum Gasteiger partial charge on any atom is -0.473 e. The van der Waals surface area contributed by atoms with E-state index >= 15 is 0 Å². The van der Waals surface area contributed by atoms with Crippen LogP contribution in [0.15, 0.2) is 29.1 Å². The van der Waals surface area contributed by atoms with E-state index in [-0.39, 0.29) is 5.97 Å². The Bertz CT molecular complexity index is 210. The predicted octanol–water partition coefficient (Wildman–Crippen LogP) is 3.27. The standard InChI is InChI=1S/C8H16O2.C4H4O/c1-4-8(9)10-6-5-7(2)3;1-2-4-5-3-1/h7H,4-6H2,1-3H3;1-4H. The lowest BCUT2D eigenvalue weighted by molar-refractivity contribution is -0.143. The molecule has 0 aliphatic heterocycles. The average Bonchev–Trinajstić information content (AvgIpc) is 2.74. The van der Waals surface area contributed by atoms with Gasteiger partial charge in [0.05, 0.1) is 19.1 Å². The van der Waals surface area contributed by atoms with E-state index in [0.29, 0.717) is 18.9 Å². The lowest BCUT2D eigenvalue weighted by Gasteiger charge is -2.04. The fourth-order valence-corrected chi connectivity index (χ4v) is 0.737. The molecule has 0 fully saturated rings. The highest BCUT2D eigenvalue weighted by Gasteiger charge is 1.98. The van der Waals surface area contributed by atoms with Crippen molar-refractivity contribution in [3.8, 4) is 0 Å². The number of furan rings is 1. The smallest absolute Gasteiger partial charge is 0.305 e. The van der Waals surface area contributed by atoms with Gasteiger partial charge in [-0.1, -0.05) is 20.8 Å². The summed E-state index contributed by atoms with van der Waals surface area (Å²) in [6, 6.07) is 3.67. The topological polar surface area (TPSA) is 39.4 Å². The van der Waals surface area contributed by atoms with E-state index in [1.807, 2.05) is 12.1 Å². The van der Waals surface area contributed by atoms with Gasteiger partial charge in [-0.05, 0) is 24.5 Å². The number of hydrogen-bond acceptors (Lipinski definition) is 3. The van der Waals surface area contributed by atoms with Crippen LogP contribution in [-0.2, 0) is 9.53 Å². The van der Waals surface area contributed by atoms with Crippen LogP contribution in [0.5, 0.6) is 0 Å². The van der Waals surface area contributed by atoms with Crippen LogP contribution in [0.25, 0.3) is 0 Å². The first-order chi connectivity index (χ1) is 7.16. The Morgan fingerprint density at radius 1 is 1.33 bits per heavy atom. The van der Waals surface area contributed by atoms with Gasteiger partial charge in [0.2, 0.25) is 0 Å². The molecule has 1 aromatic rings. The highest BCUT2D eigenvalue weighted by atomic mass is 16.5. The number of carbonyl (C=O) groups is 1. The molecule has 0 amide bonds. The molecule has 0 aromatic carbocycles. The fourth-order valence-electron chi connectivity index (χ4n) is 0.737. The molecule has 1 rings (SSSR count). The Kier molecular flexibility index (Phi) is 8.53. The van der Waals surface area contributed by atoms with Crippen molar-refractivity contribution in [2.24, 2.45) is 5.92 Å². The van der Waals surface area contributed by atoms with E-state index in [9.17, 15) is 4.79 Å². The van der Waals surface area contributed by atoms with Crippen molar-refractivity contribution >= 4 is 5.97 Å². The molecular formula is C12H20O3. The summed E-state index contributed by atoms with van der Waals surface area (Å²) in [5.41, 5.74) is 0. The molecular weight excluding hydrogens is 192 g/mol. The fraction of sp³-hybridized carbons (Fsp3) is 0.583. The van der Waals surface area contributed by atoms with Crippen molar-refractivity contribution in [1.29, 1.82) is 0 Å². The molecule has 1 heterocycles. The van der Waals surface area contributed by atoms with Gasteiger partial charge in [-0.2, -0.15) is 0 Å². The Labute approximate surface area is 91.4 Å². The molecule has 0 aliphatic rings. The minimum absolute atomic E-state index is 0.0966. The van der Waals surface area contributed by atoms with Gasteiger partial charge in [-0.3, -0.25) is 4.79 Å². The highest BCUT2D eigenvalue weighted by Crippen LogP contribution is 1.99. The molecule has 0 aliphatic carbocycles. The zero-order valence-electron chi connectivity index (χ0n) is 9.73. The van der Waals surface area contributed by atoms with Gasteiger partial charge in [0.25, 0.3) is 0 Å². The highest BCUT2D eigenvalue weighted by molar-refractivity contribution is 5.68. The molecule has 0 spiro atoms. The van der Waals surface area contributed by atoms with Gasteiger partial charge in [0.15, 0.2) is 0 Å². The summed E-state index contributed by atoms with van der Waals surface area (Å²) in [6.07, 6.45) is 4.70. The molecule has 0 radical (unpaired) electrons. The Balaban J connectivity index is 0.000000322. The normalized spacial score (nSPS) is 9.33. The van der Waals surface area contributed by atoms with Gasteiger partial charge in [-0.15, -0.1) is 0 Å². The second-order valence-corrected chi connectivity index (χ2v) is 3.55. The van der Waals surface area contributed by atoms with E-state index in [1.54, 1.807) is 19.5 Å². The maximum absolute atomic E-state index is 10.6. The number of esters is 1. The third kappa shape index (κ3) is 10.7. The van der Waals surface area contributed by atoms with Gasteiger partial charge in [0.1, 0.15) is 0 Å². The maximum atomic E-state index is 10.6. The Morgan fingerprint density at radius 3 is 2.27 bits per heavy atom. The maximum Gasteiger partial charge on any atom is 0.305 e. The van der Waals surface area contributed by atoms with E-state index in [0.717, 1.165) is 6.42 Å². The van der Waals surface area contributed by atoms with Crippen LogP contribution < -0.4 is 0 Å². The van der Waals surface area contributed by atoms with Crippen molar-refractivity contribution in [2.45, 2.75) is 33.6 Å². The summed E-state index contributed by atoms with van der Waals surface area (Å²) in [5.74, 6) is 0.519. The Hall–Kier alpha value is -1.25. The molecule has 0 unspecified atom stereocenters. The Morgan fingerprint density at radius 2 is 1.93 bits per heavy atom. The zero-order chi connectivity index (χ0) is 11.5. The quantitative estimate of drug-likeness (QED) is 0.719. The monoisotopic (exact) mass is 212 g/mol. The SMILES string of the molecule is CCC(=O)OCCC(C)C.c1ccoc1. The van der Waals surface area contributed by atoms with Crippen molar-refractivity contribution in [3.63, 3.8) is 0 Å². The molecule has 1 aromatic heterocycles. The minimum atomic E-state index is -0.0966. The molecule has 3 heteroatoms. The molecule has 86 valence electrons. The summed E-state index contributed by atoms with van der Waals surface area (Å²) >= 11 is 0. The molecule has 0 N–H and O–H groups in total. The lowest BCUT2D eigenvalue weighted by Crippen LogP contribution is -2.05. The first-order valence-corrected chi connectivity index (χ1v) is 5.29. The van der Waals surface area contributed by atoms with E-state index in [2.05, 4.69) is 18.3 Å². The second kappa shape index (κ2) is 9.31. The van der Waals surface area contributed by atoms with E-state index in [1.165, 1.54) is 0 Å². The van der Waals surface area contributed by atoms with Gasteiger partial charge >= 0.3 is 5.97 Å². The van der Waals surface area contributed by atoms with E-state index in [4.69, 9.17) is 4.74 Å². The summed E-state index contributed by atoms with van der Waals surface area (Å²) in [7, 11) is 0. The average molecular weight is 212 g/mol. The van der Waals surface area contributed by atoms with Crippen molar-refractivity contribution in [3.05, 3.63) is 24.7 Å². The molecule has 0 atom stereocenters. The largest absolute Gasteiger partial charge is 0.473 e. The molecule has 0 saturated heterocycles. The van der Waals surface area contributed by atoms with Crippen LogP contribution in [0.1, 0.15) is 33.6 Å². The van der Waals surface area contributed by atoms with Crippen molar-refractivity contribution < 1.29 is 13.9 Å². The number of ether oxygens (including phenoxy) is 1. The predicted molar refractivity (Wildman–Crippen MR) is 59.4 cm³/mol. The zero-order valence-corrected chi connectivity index (χ0v) is 9.73. The molecule has 0 bridgehead atoms. The summed E-state index contributed by atoms with van der Waals surface area (Å²) in [5, 5.41) is 0. The number of hydrogen-bond donors (Lipinski definition) is 0. The number of rotatable bonds is 4. The molecule has 0 saturated carbocycles. The second-order valence-electron chi connectivity index (χ2n) is 3.55. The number of carbonyl (C=O) groups excluding carboxylic acids is 1. The third-order valence-electron chi connectivity index (χ3n) is 1.67. The summed E-state index contributed by atoms with van der Waals surface area (Å²) in [4.78, 5) is 10.6. The van der Waals surface area contributed by atoms with Crippen LogP contribution in [0.2, 0.25) is 0 Å². The van der Waals surface area contributed by atoms with Gasteiger partial charge < -0.3 is 9.15 Å². The van der Waals surface area contributed by atoms with E-state index < -0.39 is 0 Å². The van der Waals surface area contributed by atoms with Gasteiger partial charge in [-0.25, -0.2) is 0 Å². The van der Waals surface area contributed by atoms with Crippen LogP contribution in [0.4, 0.5) is 0 Å². The first-order valence-electron chi connectivity index (χ1n) is 5.29. The molecule has 15 heavy (non-hydrogen) atoms. The third-order valence-corrected chi connectivity index (χ3v) is 1.67. The molecule has 3 nitrogen and oxygen atoms in total. The van der Waals surface area contributed by atoms with Crippen LogP contribution >= 0.6 is 0 Å². The van der Waals surface area contributed by atoms with Crippen molar-refractivity contribution in [2.75, 3.05) is 6.61 Å². The van der Waals surface area contributed by atoms with Crippen LogP contribution in [0, 0.1) is 5.92 Å². The van der Waals surface area contributed by atoms with Gasteiger partial charge in [0, 0.05) is 6.42 Å². The summed E-state index contributed by atoms with van der Waals surface area (Å²) in [6.45, 7) is 6.60. The lowest BCUT2D eigenvalue weighted by atomic mass is 10.1. The van der Waals surface area contributed by atoms with Crippen molar-refractivity contribution in [1.82, 2.24) is 0 Å². The van der Waals surface area contributed by atoms with Crippen LogP contribution in [-0.4, -0.2) is 12.6 Å². The van der Waals surface area contributed by atoms with Crippen LogP contribution in [0.3, 0.4) is 0 Å². The first kappa shape index (κ1) is 13.8.